The fourth-order valence-corrected chi connectivity index (χ4v) is 4.72. The van der Waals surface area contributed by atoms with Crippen LogP contribution in [0.25, 0.3) is 5.69 Å². The summed E-state index contributed by atoms with van der Waals surface area (Å²) in [6.45, 7) is 4.06. The van der Waals surface area contributed by atoms with Gasteiger partial charge >= 0.3 is 0 Å². The average Bonchev–Trinajstić information content (AvgIpc) is 3.22. The third-order valence-electron chi connectivity index (χ3n) is 4.86. The number of aryl methyl sites for hydroxylation is 2. The molecule has 0 unspecified atom stereocenters. The predicted octanol–water partition coefficient (Wildman–Crippen LogP) is 5.91. The molecule has 1 amide bonds. The highest BCUT2D eigenvalue weighted by molar-refractivity contribution is 7.99. The van der Waals surface area contributed by atoms with Gasteiger partial charge in [0.05, 0.1) is 11.5 Å². The number of nitrogens with zero attached hydrogens (tertiary/aromatic N) is 3. The number of hydrogen-bond donors (Lipinski definition) is 1. The maximum Gasteiger partial charge on any atom is 0.234 e. The van der Waals surface area contributed by atoms with Crippen LogP contribution < -0.4 is 5.32 Å². The number of thioether (sulfide) groups is 2. The van der Waals surface area contributed by atoms with Gasteiger partial charge in [-0.25, -0.2) is 0 Å². The van der Waals surface area contributed by atoms with Crippen molar-refractivity contribution in [3.05, 3.63) is 95.8 Å². The Kier molecular flexibility index (Phi) is 7.29. The molecular formula is C25H24N4OS2. The molecule has 0 bridgehead atoms. The standard InChI is InChI=1S/C25H24N4OS2/c1-18-12-14-21(15-13-18)31-16-23-27-28-25(29(23)20-9-4-3-5-10-20)32-17-24(30)26-22-11-7-6-8-19(22)2/h3-15H,16-17H2,1-2H3,(H,26,30). The summed E-state index contributed by atoms with van der Waals surface area (Å²) >= 11 is 3.11. The Hall–Kier alpha value is -3.03. The van der Waals surface area contributed by atoms with Gasteiger partial charge in [0, 0.05) is 16.3 Å². The number of benzene rings is 3. The largest absolute Gasteiger partial charge is 0.325 e. The molecule has 0 spiro atoms. The van der Waals surface area contributed by atoms with E-state index in [1.165, 1.54) is 22.2 Å². The van der Waals surface area contributed by atoms with Crippen LogP contribution in [0, 0.1) is 13.8 Å². The topological polar surface area (TPSA) is 59.8 Å². The number of hydrogen-bond acceptors (Lipinski definition) is 5. The van der Waals surface area contributed by atoms with Gasteiger partial charge in [-0.1, -0.05) is 65.9 Å². The highest BCUT2D eigenvalue weighted by Gasteiger charge is 2.16. The average molecular weight is 461 g/mol. The molecule has 0 atom stereocenters. The Bertz CT molecular complexity index is 1190. The van der Waals surface area contributed by atoms with E-state index in [2.05, 4.69) is 46.7 Å². The maximum atomic E-state index is 12.5. The lowest BCUT2D eigenvalue weighted by Gasteiger charge is -2.11. The van der Waals surface area contributed by atoms with Crippen molar-refractivity contribution in [2.75, 3.05) is 11.1 Å². The van der Waals surface area contributed by atoms with Crippen molar-refractivity contribution in [1.29, 1.82) is 0 Å². The van der Waals surface area contributed by atoms with Crippen molar-refractivity contribution in [1.82, 2.24) is 14.8 Å². The zero-order valence-electron chi connectivity index (χ0n) is 18.0. The minimum Gasteiger partial charge on any atom is -0.325 e. The fraction of sp³-hybridized carbons (Fsp3) is 0.160. The molecule has 0 fully saturated rings. The second-order valence-electron chi connectivity index (χ2n) is 7.32. The van der Waals surface area contributed by atoms with E-state index in [0.717, 1.165) is 22.8 Å². The van der Waals surface area contributed by atoms with E-state index in [1.54, 1.807) is 11.8 Å². The van der Waals surface area contributed by atoms with Crippen molar-refractivity contribution < 1.29 is 4.79 Å². The Labute approximate surface area is 196 Å². The third-order valence-corrected chi connectivity index (χ3v) is 6.79. The quantitative estimate of drug-likeness (QED) is 0.331. The van der Waals surface area contributed by atoms with Gasteiger partial charge < -0.3 is 5.32 Å². The minimum atomic E-state index is -0.0671. The van der Waals surface area contributed by atoms with Crippen molar-refractivity contribution in [2.45, 2.75) is 29.7 Å². The van der Waals surface area contributed by atoms with Crippen LogP contribution in [0.1, 0.15) is 17.0 Å². The Morgan fingerprint density at radius 2 is 1.59 bits per heavy atom. The van der Waals surface area contributed by atoms with Crippen LogP contribution in [0.4, 0.5) is 5.69 Å². The van der Waals surface area contributed by atoms with Crippen LogP contribution >= 0.6 is 23.5 Å². The van der Waals surface area contributed by atoms with E-state index >= 15 is 0 Å². The lowest BCUT2D eigenvalue weighted by atomic mass is 10.2. The number of carbonyl (C=O) groups excluding carboxylic acids is 1. The molecule has 0 aliphatic rings. The first-order chi connectivity index (χ1) is 15.6. The summed E-state index contributed by atoms with van der Waals surface area (Å²) in [7, 11) is 0. The smallest absolute Gasteiger partial charge is 0.234 e. The third kappa shape index (κ3) is 5.60. The van der Waals surface area contributed by atoms with Gasteiger partial charge in [0.1, 0.15) is 5.82 Å². The number of anilines is 1. The SMILES string of the molecule is Cc1ccc(SCc2nnc(SCC(=O)Nc3ccccc3C)n2-c2ccccc2)cc1. The zero-order chi connectivity index (χ0) is 22.3. The molecule has 1 N–H and O–H groups in total. The molecule has 0 aliphatic heterocycles. The maximum absolute atomic E-state index is 12.5. The molecule has 0 radical (unpaired) electrons. The molecule has 3 aromatic carbocycles. The summed E-state index contributed by atoms with van der Waals surface area (Å²) in [6, 6.07) is 26.2. The second-order valence-corrected chi connectivity index (χ2v) is 9.31. The van der Waals surface area contributed by atoms with Crippen LogP contribution in [0.3, 0.4) is 0 Å². The highest BCUT2D eigenvalue weighted by atomic mass is 32.2. The van der Waals surface area contributed by atoms with Crippen LogP contribution in [0.5, 0.6) is 0 Å². The fourth-order valence-electron chi connectivity index (χ4n) is 3.14. The van der Waals surface area contributed by atoms with Crippen LogP contribution in [-0.2, 0) is 10.5 Å². The molecule has 4 rings (SSSR count). The first kappa shape index (κ1) is 22.2. The monoisotopic (exact) mass is 460 g/mol. The van der Waals surface area contributed by atoms with Crippen LogP contribution in [-0.4, -0.2) is 26.4 Å². The van der Waals surface area contributed by atoms with Gasteiger partial charge in [-0.2, -0.15) is 0 Å². The summed E-state index contributed by atoms with van der Waals surface area (Å²) in [4.78, 5) is 13.7. The van der Waals surface area contributed by atoms with Gasteiger partial charge in [-0.3, -0.25) is 9.36 Å². The molecule has 162 valence electrons. The molecule has 0 saturated carbocycles. The molecule has 4 aromatic rings. The molecule has 7 heteroatoms. The van der Waals surface area contributed by atoms with Crippen molar-refractivity contribution in [3.8, 4) is 5.69 Å². The van der Waals surface area contributed by atoms with Gasteiger partial charge in [-0.05, 0) is 49.7 Å². The lowest BCUT2D eigenvalue weighted by molar-refractivity contribution is -0.113. The molecule has 32 heavy (non-hydrogen) atoms. The minimum absolute atomic E-state index is 0.0671. The number of carbonyl (C=O) groups is 1. The number of amides is 1. The molecule has 5 nitrogen and oxygen atoms in total. The summed E-state index contributed by atoms with van der Waals surface area (Å²) in [6.07, 6.45) is 0. The van der Waals surface area contributed by atoms with Crippen molar-refractivity contribution in [2.24, 2.45) is 0 Å². The van der Waals surface area contributed by atoms with Crippen molar-refractivity contribution >= 4 is 35.1 Å². The molecule has 0 aliphatic carbocycles. The summed E-state index contributed by atoms with van der Waals surface area (Å²) in [5, 5.41) is 12.5. The van der Waals surface area contributed by atoms with Gasteiger partial charge in [-0.15, -0.1) is 22.0 Å². The number of aromatic nitrogens is 3. The van der Waals surface area contributed by atoms with Crippen molar-refractivity contribution in [3.63, 3.8) is 0 Å². The number of rotatable bonds is 8. The van der Waals surface area contributed by atoms with Crippen LogP contribution in [0.2, 0.25) is 0 Å². The van der Waals surface area contributed by atoms with E-state index in [-0.39, 0.29) is 11.7 Å². The summed E-state index contributed by atoms with van der Waals surface area (Å²) in [5.74, 6) is 1.72. The first-order valence-electron chi connectivity index (χ1n) is 10.3. The van der Waals surface area contributed by atoms with Gasteiger partial charge in [0.2, 0.25) is 5.91 Å². The van der Waals surface area contributed by atoms with Crippen LogP contribution in [0.15, 0.2) is 88.9 Å². The number of para-hydroxylation sites is 2. The van der Waals surface area contributed by atoms with E-state index < -0.39 is 0 Å². The normalized spacial score (nSPS) is 10.8. The van der Waals surface area contributed by atoms with E-state index in [0.29, 0.717) is 10.9 Å². The zero-order valence-corrected chi connectivity index (χ0v) is 19.6. The first-order valence-corrected chi connectivity index (χ1v) is 12.2. The summed E-state index contributed by atoms with van der Waals surface area (Å²) < 4.78 is 2.03. The Balaban J connectivity index is 1.49. The Morgan fingerprint density at radius 1 is 0.875 bits per heavy atom. The molecule has 1 aromatic heterocycles. The van der Waals surface area contributed by atoms with E-state index in [9.17, 15) is 4.79 Å². The highest BCUT2D eigenvalue weighted by Crippen LogP contribution is 2.27. The summed E-state index contributed by atoms with van der Waals surface area (Å²) in [5.41, 5.74) is 4.09. The van der Waals surface area contributed by atoms with E-state index in [1.807, 2.05) is 66.1 Å². The number of nitrogens with one attached hydrogen (secondary N) is 1. The van der Waals surface area contributed by atoms with Gasteiger partial charge in [0.15, 0.2) is 5.16 Å². The lowest BCUT2D eigenvalue weighted by Crippen LogP contribution is -2.15. The van der Waals surface area contributed by atoms with E-state index in [4.69, 9.17) is 0 Å². The molecule has 1 heterocycles. The molecule has 0 saturated heterocycles. The second kappa shape index (κ2) is 10.5. The predicted molar refractivity (Wildman–Crippen MR) is 133 cm³/mol. The molecular weight excluding hydrogens is 436 g/mol. The van der Waals surface area contributed by atoms with Gasteiger partial charge in [0.25, 0.3) is 0 Å². The Morgan fingerprint density at radius 3 is 2.34 bits per heavy atom.